The molecule has 0 saturated heterocycles. The monoisotopic (exact) mass is 249 g/mol. The Hall–Kier alpha value is -0.0500. The maximum absolute atomic E-state index is 5.86. The molecule has 0 atom stereocenters. The van der Waals surface area contributed by atoms with Crippen molar-refractivity contribution in [1.29, 1.82) is 0 Å². The van der Waals surface area contributed by atoms with Crippen LogP contribution in [0.25, 0.3) is 0 Å². The first-order chi connectivity index (χ1) is 6.72. The maximum atomic E-state index is 5.86. The fourth-order valence-corrected chi connectivity index (χ4v) is 2.06. The van der Waals surface area contributed by atoms with Crippen LogP contribution in [0.2, 0.25) is 10.0 Å². The Balaban J connectivity index is 2.42. The molecule has 0 spiro atoms. The van der Waals surface area contributed by atoms with Crippen LogP contribution >= 0.6 is 35.0 Å². The molecule has 0 aliphatic rings. The number of thioether (sulfide) groups is 1. The molecule has 4 heteroatoms. The molecule has 1 rings (SSSR count). The van der Waals surface area contributed by atoms with E-state index < -0.39 is 0 Å². The standard InChI is InChI=1S/C10H13Cl2NS/c1-14-4-2-3-13-10-6-8(11)5-9(12)7-10/h5-7,13H,2-4H2,1H3. The lowest BCUT2D eigenvalue weighted by atomic mass is 10.3. The fraction of sp³-hybridized carbons (Fsp3) is 0.400. The van der Waals surface area contributed by atoms with Crippen molar-refractivity contribution in [3.63, 3.8) is 0 Å². The van der Waals surface area contributed by atoms with Crippen LogP contribution in [0.3, 0.4) is 0 Å². The van der Waals surface area contributed by atoms with Crippen LogP contribution in [0.15, 0.2) is 18.2 Å². The van der Waals surface area contributed by atoms with Gasteiger partial charge in [-0.2, -0.15) is 11.8 Å². The van der Waals surface area contributed by atoms with Crippen LogP contribution < -0.4 is 5.32 Å². The zero-order chi connectivity index (χ0) is 10.4. The van der Waals surface area contributed by atoms with Crippen LogP contribution in [0.1, 0.15) is 6.42 Å². The van der Waals surface area contributed by atoms with Gasteiger partial charge in [0, 0.05) is 22.3 Å². The van der Waals surface area contributed by atoms with Gasteiger partial charge in [-0.25, -0.2) is 0 Å². The zero-order valence-electron chi connectivity index (χ0n) is 8.02. The van der Waals surface area contributed by atoms with Crippen molar-refractivity contribution < 1.29 is 0 Å². The molecule has 0 saturated carbocycles. The van der Waals surface area contributed by atoms with Crippen molar-refractivity contribution in [3.8, 4) is 0 Å². The lowest BCUT2D eigenvalue weighted by Crippen LogP contribution is -2.02. The predicted molar refractivity (Wildman–Crippen MR) is 68.0 cm³/mol. The molecule has 0 heterocycles. The molecular weight excluding hydrogens is 237 g/mol. The van der Waals surface area contributed by atoms with E-state index in [-0.39, 0.29) is 0 Å². The molecule has 1 aromatic rings. The van der Waals surface area contributed by atoms with Gasteiger partial charge in [0.2, 0.25) is 0 Å². The summed E-state index contributed by atoms with van der Waals surface area (Å²) < 4.78 is 0. The maximum Gasteiger partial charge on any atom is 0.0441 e. The average Bonchev–Trinajstić information content (AvgIpc) is 2.11. The second kappa shape index (κ2) is 6.44. The molecule has 1 nitrogen and oxygen atoms in total. The van der Waals surface area contributed by atoms with E-state index in [1.807, 2.05) is 23.9 Å². The summed E-state index contributed by atoms with van der Waals surface area (Å²) >= 11 is 13.6. The first kappa shape index (κ1) is 12.0. The van der Waals surface area contributed by atoms with Gasteiger partial charge >= 0.3 is 0 Å². The summed E-state index contributed by atoms with van der Waals surface area (Å²) in [4.78, 5) is 0. The highest BCUT2D eigenvalue weighted by atomic mass is 35.5. The van der Waals surface area contributed by atoms with Crippen molar-refractivity contribution >= 4 is 40.7 Å². The molecular formula is C10H13Cl2NS. The molecule has 78 valence electrons. The summed E-state index contributed by atoms with van der Waals surface area (Å²) in [6.45, 7) is 0.956. The molecule has 0 aromatic heterocycles. The van der Waals surface area contributed by atoms with Crippen LogP contribution in [-0.2, 0) is 0 Å². The Morgan fingerprint density at radius 3 is 2.43 bits per heavy atom. The first-order valence-corrected chi connectivity index (χ1v) is 6.56. The Morgan fingerprint density at radius 1 is 1.21 bits per heavy atom. The number of hydrogen-bond donors (Lipinski definition) is 1. The van der Waals surface area contributed by atoms with E-state index in [0.717, 1.165) is 18.7 Å². The minimum atomic E-state index is 0.671. The van der Waals surface area contributed by atoms with E-state index in [1.54, 1.807) is 6.07 Å². The number of rotatable bonds is 5. The highest BCUT2D eigenvalue weighted by molar-refractivity contribution is 7.98. The summed E-state index contributed by atoms with van der Waals surface area (Å²) in [6, 6.07) is 5.50. The van der Waals surface area contributed by atoms with Crippen molar-refractivity contribution in [2.75, 3.05) is 23.9 Å². The SMILES string of the molecule is CSCCCNc1cc(Cl)cc(Cl)c1. The molecule has 1 aromatic carbocycles. The van der Waals surface area contributed by atoms with Crippen LogP contribution in [-0.4, -0.2) is 18.6 Å². The fourth-order valence-electron chi connectivity index (χ4n) is 1.11. The number of halogens is 2. The number of nitrogens with one attached hydrogen (secondary N) is 1. The van der Waals surface area contributed by atoms with E-state index in [2.05, 4.69) is 11.6 Å². The van der Waals surface area contributed by atoms with Gasteiger partial charge in [-0.3, -0.25) is 0 Å². The molecule has 1 N–H and O–H groups in total. The lowest BCUT2D eigenvalue weighted by Gasteiger charge is -2.06. The molecule has 14 heavy (non-hydrogen) atoms. The third-order valence-electron chi connectivity index (χ3n) is 1.72. The molecule has 0 amide bonds. The Labute approximate surface area is 99.2 Å². The summed E-state index contributed by atoms with van der Waals surface area (Å²) in [5.41, 5.74) is 0.989. The third kappa shape index (κ3) is 4.45. The molecule has 0 unspecified atom stereocenters. The largest absolute Gasteiger partial charge is 0.385 e. The predicted octanol–water partition coefficient (Wildman–Crippen LogP) is 4.16. The van der Waals surface area contributed by atoms with Gasteiger partial charge in [0.25, 0.3) is 0 Å². The minimum Gasteiger partial charge on any atom is -0.385 e. The van der Waals surface area contributed by atoms with Crippen molar-refractivity contribution in [2.24, 2.45) is 0 Å². The second-order valence-corrected chi connectivity index (χ2v) is 4.79. The normalized spacial score (nSPS) is 10.2. The van der Waals surface area contributed by atoms with E-state index in [9.17, 15) is 0 Å². The van der Waals surface area contributed by atoms with Gasteiger partial charge < -0.3 is 5.32 Å². The molecule has 0 aliphatic carbocycles. The Kier molecular flexibility index (Phi) is 5.53. The second-order valence-electron chi connectivity index (χ2n) is 2.93. The number of benzene rings is 1. The molecule has 0 bridgehead atoms. The molecule has 0 radical (unpaired) electrons. The van der Waals surface area contributed by atoms with E-state index in [0.29, 0.717) is 10.0 Å². The first-order valence-electron chi connectivity index (χ1n) is 4.41. The highest BCUT2D eigenvalue weighted by Crippen LogP contribution is 2.22. The highest BCUT2D eigenvalue weighted by Gasteiger charge is 1.96. The van der Waals surface area contributed by atoms with Gasteiger partial charge in [0.05, 0.1) is 0 Å². The number of anilines is 1. The van der Waals surface area contributed by atoms with Gasteiger partial charge in [0.15, 0.2) is 0 Å². The van der Waals surface area contributed by atoms with Gasteiger partial charge in [0.1, 0.15) is 0 Å². The summed E-state index contributed by atoms with van der Waals surface area (Å²) in [5, 5.41) is 4.62. The van der Waals surface area contributed by atoms with E-state index in [4.69, 9.17) is 23.2 Å². The van der Waals surface area contributed by atoms with Gasteiger partial charge in [-0.15, -0.1) is 0 Å². The number of hydrogen-bond acceptors (Lipinski definition) is 2. The Morgan fingerprint density at radius 2 is 1.86 bits per heavy atom. The van der Waals surface area contributed by atoms with Crippen LogP contribution in [0, 0.1) is 0 Å². The Bertz CT molecular complexity index is 271. The summed E-state index contributed by atoms with van der Waals surface area (Å²) in [5.74, 6) is 1.17. The summed E-state index contributed by atoms with van der Waals surface area (Å²) in [7, 11) is 0. The quantitative estimate of drug-likeness (QED) is 0.787. The summed E-state index contributed by atoms with van der Waals surface area (Å²) in [6.07, 6.45) is 3.25. The van der Waals surface area contributed by atoms with E-state index in [1.165, 1.54) is 5.75 Å². The van der Waals surface area contributed by atoms with Gasteiger partial charge in [-0.1, -0.05) is 23.2 Å². The molecule has 0 aliphatic heterocycles. The van der Waals surface area contributed by atoms with Crippen LogP contribution in [0.5, 0.6) is 0 Å². The molecule has 0 fully saturated rings. The third-order valence-corrected chi connectivity index (χ3v) is 2.85. The topological polar surface area (TPSA) is 12.0 Å². The van der Waals surface area contributed by atoms with Crippen molar-refractivity contribution in [1.82, 2.24) is 0 Å². The van der Waals surface area contributed by atoms with E-state index >= 15 is 0 Å². The minimum absolute atomic E-state index is 0.671. The zero-order valence-corrected chi connectivity index (χ0v) is 10.3. The smallest absolute Gasteiger partial charge is 0.0441 e. The van der Waals surface area contributed by atoms with Crippen molar-refractivity contribution in [2.45, 2.75) is 6.42 Å². The van der Waals surface area contributed by atoms with Gasteiger partial charge in [-0.05, 0) is 36.6 Å². The van der Waals surface area contributed by atoms with Crippen LogP contribution in [0.4, 0.5) is 5.69 Å². The van der Waals surface area contributed by atoms with Crippen molar-refractivity contribution in [3.05, 3.63) is 28.2 Å². The lowest BCUT2D eigenvalue weighted by molar-refractivity contribution is 0.993. The average molecular weight is 250 g/mol.